The largest absolute Gasteiger partial charge is 0.454 e. The summed E-state index contributed by atoms with van der Waals surface area (Å²) in [6.07, 6.45) is 4.48. The Morgan fingerprint density at radius 1 is 0.963 bits per heavy atom. The molecule has 0 radical (unpaired) electrons. The number of fused-ring (bicyclic) bond motifs is 1. The summed E-state index contributed by atoms with van der Waals surface area (Å²) in [6, 6.07) is 6.99. The zero-order valence-corrected chi connectivity index (χ0v) is 16.0. The van der Waals surface area contributed by atoms with Crippen LogP contribution in [0.1, 0.15) is 31.2 Å². The number of hydrogen-bond acceptors (Lipinski definition) is 6. The van der Waals surface area contributed by atoms with Crippen LogP contribution in [0.25, 0.3) is 0 Å². The Balaban J connectivity index is 1.14. The van der Waals surface area contributed by atoms with Gasteiger partial charge in [-0.05, 0) is 43.4 Å². The van der Waals surface area contributed by atoms with Gasteiger partial charge in [-0.25, -0.2) is 0 Å². The Kier molecular flexibility index (Phi) is 4.98. The quantitative estimate of drug-likeness (QED) is 0.809. The lowest BCUT2D eigenvalue weighted by molar-refractivity contribution is -0.153. The molecule has 5 rings (SSSR count). The van der Waals surface area contributed by atoms with Crippen molar-refractivity contribution in [2.24, 2.45) is 0 Å². The van der Waals surface area contributed by atoms with Crippen molar-refractivity contribution in [2.45, 2.75) is 43.9 Å². The highest BCUT2D eigenvalue weighted by Crippen LogP contribution is 2.36. The van der Waals surface area contributed by atoms with Crippen LogP contribution < -0.4 is 9.47 Å². The molecule has 148 valence electrons. The van der Waals surface area contributed by atoms with Crippen molar-refractivity contribution in [1.82, 2.24) is 9.80 Å². The Hall–Kier alpha value is -1.34. The third-order valence-corrected chi connectivity index (χ3v) is 6.64. The summed E-state index contributed by atoms with van der Waals surface area (Å²) >= 11 is 0. The first kappa shape index (κ1) is 17.7. The second-order valence-electron chi connectivity index (χ2n) is 8.29. The third kappa shape index (κ3) is 3.81. The first-order valence-corrected chi connectivity index (χ1v) is 10.4. The minimum Gasteiger partial charge on any atom is -0.454 e. The Morgan fingerprint density at radius 3 is 2.63 bits per heavy atom. The van der Waals surface area contributed by atoms with E-state index in [0.29, 0.717) is 12.8 Å². The van der Waals surface area contributed by atoms with E-state index in [1.54, 1.807) is 0 Å². The van der Waals surface area contributed by atoms with Crippen molar-refractivity contribution >= 4 is 0 Å². The molecule has 0 bridgehead atoms. The average Bonchev–Trinajstić information content (AvgIpc) is 3.17. The molecule has 0 saturated carbocycles. The molecule has 6 nitrogen and oxygen atoms in total. The van der Waals surface area contributed by atoms with Gasteiger partial charge in [0.1, 0.15) is 0 Å². The van der Waals surface area contributed by atoms with Crippen LogP contribution in [0.15, 0.2) is 18.2 Å². The topological polar surface area (TPSA) is 43.4 Å². The van der Waals surface area contributed by atoms with Crippen molar-refractivity contribution in [2.75, 3.05) is 52.8 Å². The van der Waals surface area contributed by atoms with Crippen LogP contribution in [0.2, 0.25) is 0 Å². The predicted octanol–water partition coefficient (Wildman–Crippen LogP) is 2.26. The van der Waals surface area contributed by atoms with Crippen LogP contribution in [0.4, 0.5) is 0 Å². The second kappa shape index (κ2) is 7.59. The maximum Gasteiger partial charge on any atom is 0.231 e. The molecule has 0 N–H and O–H groups in total. The van der Waals surface area contributed by atoms with Gasteiger partial charge >= 0.3 is 0 Å². The van der Waals surface area contributed by atoms with E-state index in [9.17, 15) is 0 Å². The maximum absolute atomic E-state index is 6.23. The van der Waals surface area contributed by atoms with Crippen molar-refractivity contribution in [1.29, 1.82) is 0 Å². The highest BCUT2D eigenvalue weighted by molar-refractivity contribution is 5.44. The number of benzene rings is 1. The summed E-state index contributed by atoms with van der Waals surface area (Å²) in [5.74, 6) is 1.75. The van der Waals surface area contributed by atoms with Crippen molar-refractivity contribution in [3.05, 3.63) is 23.8 Å². The fourth-order valence-electron chi connectivity index (χ4n) is 4.99. The van der Waals surface area contributed by atoms with Crippen molar-refractivity contribution in [3.63, 3.8) is 0 Å². The zero-order chi connectivity index (χ0) is 18.1. The fraction of sp³-hybridized carbons (Fsp3) is 0.714. The van der Waals surface area contributed by atoms with Gasteiger partial charge in [-0.1, -0.05) is 6.07 Å². The molecule has 0 aliphatic carbocycles. The number of nitrogens with zero attached hydrogens (tertiary/aromatic N) is 2. The number of piperazine rings is 1. The highest BCUT2D eigenvalue weighted by Gasteiger charge is 2.41. The van der Waals surface area contributed by atoms with Gasteiger partial charge in [0.15, 0.2) is 11.5 Å². The van der Waals surface area contributed by atoms with Gasteiger partial charge in [0.2, 0.25) is 6.79 Å². The lowest BCUT2D eigenvalue weighted by Crippen LogP contribution is -2.55. The number of ether oxygens (including phenoxy) is 4. The van der Waals surface area contributed by atoms with Gasteiger partial charge in [-0.2, -0.15) is 0 Å². The molecule has 4 heterocycles. The summed E-state index contributed by atoms with van der Waals surface area (Å²) in [6.45, 7) is 8.51. The Labute approximate surface area is 161 Å². The molecule has 4 aliphatic heterocycles. The lowest BCUT2D eigenvalue weighted by Gasteiger charge is -2.48. The number of rotatable bonds is 3. The van der Waals surface area contributed by atoms with Gasteiger partial charge in [0.05, 0.1) is 5.60 Å². The monoisotopic (exact) mass is 374 g/mol. The van der Waals surface area contributed by atoms with Crippen molar-refractivity contribution in [3.8, 4) is 11.5 Å². The molecule has 1 unspecified atom stereocenters. The molecule has 1 aromatic rings. The molecule has 4 aliphatic rings. The van der Waals surface area contributed by atoms with Gasteiger partial charge in [0.25, 0.3) is 0 Å². The summed E-state index contributed by atoms with van der Waals surface area (Å²) in [4.78, 5) is 5.26. The van der Waals surface area contributed by atoms with Crippen LogP contribution in [0.3, 0.4) is 0 Å². The second-order valence-corrected chi connectivity index (χ2v) is 8.29. The van der Waals surface area contributed by atoms with E-state index >= 15 is 0 Å². The Morgan fingerprint density at radius 2 is 1.78 bits per heavy atom. The van der Waals surface area contributed by atoms with Crippen LogP contribution in [-0.2, 0) is 16.0 Å². The lowest BCUT2D eigenvalue weighted by atomic mass is 9.83. The normalized spacial score (nSPS) is 28.5. The van der Waals surface area contributed by atoms with Gasteiger partial charge < -0.3 is 18.9 Å². The minimum atomic E-state index is 0.0881. The smallest absolute Gasteiger partial charge is 0.231 e. The SMILES string of the molecule is c1cc2c(cc1CN1CCN(C3CCOC4(CCOCC4)C3)CC1)OCO2. The molecule has 0 aromatic heterocycles. The first-order chi connectivity index (χ1) is 13.3. The standard InChI is InChI=1S/C21H30N2O4/c1-2-19-20(26-16-25-19)13-17(1)15-22-6-8-23(9-7-22)18-3-10-27-21(14-18)4-11-24-12-5-21/h1-2,13,18H,3-12,14-16H2. The van der Waals surface area contributed by atoms with E-state index in [-0.39, 0.29) is 5.60 Å². The highest BCUT2D eigenvalue weighted by atomic mass is 16.7. The van der Waals surface area contributed by atoms with Crippen LogP contribution in [-0.4, -0.2) is 74.2 Å². The minimum absolute atomic E-state index is 0.0881. The Bertz CT molecular complexity index is 648. The summed E-state index contributed by atoms with van der Waals surface area (Å²) in [5, 5.41) is 0. The van der Waals surface area contributed by atoms with Gasteiger partial charge in [-0.15, -0.1) is 0 Å². The van der Waals surface area contributed by atoms with E-state index in [2.05, 4.69) is 21.9 Å². The first-order valence-electron chi connectivity index (χ1n) is 10.4. The average molecular weight is 374 g/mol. The molecule has 27 heavy (non-hydrogen) atoms. The van der Waals surface area contributed by atoms with Gasteiger partial charge in [0, 0.05) is 58.6 Å². The van der Waals surface area contributed by atoms with Crippen LogP contribution in [0, 0.1) is 0 Å². The van der Waals surface area contributed by atoms with Gasteiger partial charge in [-0.3, -0.25) is 9.80 Å². The summed E-state index contributed by atoms with van der Waals surface area (Å²) < 4.78 is 22.7. The molecule has 1 atom stereocenters. The van der Waals surface area contributed by atoms with E-state index in [0.717, 1.165) is 76.9 Å². The molecule has 1 spiro atoms. The molecule has 6 heteroatoms. The molecule has 3 fully saturated rings. The fourth-order valence-corrected chi connectivity index (χ4v) is 4.99. The molecular formula is C21H30N2O4. The van der Waals surface area contributed by atoms with Crippen LogP contribution in [0.5, 0.6) is 11.5 Å². The van der Waals surface area contributed by atoms with E-state index < -0.39 is 0 Å². The zero-order valence-electron chi connectivity index (χ0n) is 16.0. The molecule has 0 amide bonds. The summed E-state index contributed by atoms with van der Waals surface area (Å²) in [7, 11) is 0. The van der Waals surface area contributed by atoms with E-state index in [4.69, 9.17) is 18.9 Å². The predicted molar refractivity (Wildman–Crippen MR) is 101 cm³/mol. The third-order valence-electron chi connectivity index (χ3n) is 6.64. The molecular weight excluding hydrogens is 344 g/mol. The van der Waals surface area contributed by atoms with Crippen LogP contribution >= 0.6 is 0 Å². The molecule has 3 saturated heterocycles. The van der Waals surface area contributed by atoms with Crippen molar-refractivity contribution < 1.29 is 18.9 Å². The molecule has 1 aromatic carbocycles. The van der Waals surface area contributed by atoms with E-state index in [1.807, 2.05) is 6.07 Å². The maximum atomic E-state index is 6.23. The van der Waals surface area contributed by atoms with E-state index in [1.165, 1.54) is 18.4 Å². The summed E-state index contributed by atoms with van der Waals surface area (Å²) in [5.41, 5.74) is 1.39. The number of hydrogen-bond donors (Lipinski definition) is 0.